The zero-order chi connectivity index (χ0) is 15.5. The molecule has 1 amide bonds. The molecule has 1 aromatic carbocycles. The Morgan fingerprint density at radius 1 is 1.33 bits per heavy atom. The minimum absolute atomic E-state index is 0.153. The monoisotopic (exact) mass is 354 g/mol. The van der Waals surface area contributed by atoms with E-state index in [4.69, 9.17) is 0 Å². The SMILES string of the molecule is CC(C)(C(=O)N1CCCC1)c1ccc(NNN=O)c(Br)c1. The number of hydrogen-bond donors (Lipinski definition) is 2. The molecule has 1 aliphatic rings. The molecule has 2 rings (SSSR count). The average molecular weight is 355 g/mol. The molecule has 21 heavy (non-hydrogen) atoms. The smallest absolute Gasteiger partial charge is 0.232 e. The van der Waals surface area contributed by atoms with Crippen molar-refractivity contribution in [1.29, 1.82) is 0 Å². The number of nitroso groups, excluding NO2 is 1. The molecule has 0 aromatic heterocycles. The molecule has 0 unspecified atom stereocenters. The number of hydrazine groups is 1. The lowest BCUT2D eigenvalue weighted by atomic mass is 9.83. The quantitative estimate of drug-likeness (QED) is 0.629. The number of anilines is 1. The summed E-state index contributed by atoms with van der Waals surface area (Å²) in [5, 5.41) is 2.53. The molecule has 0 saturated carbocycles. The fraction of sp³-hybridized carbons (Fsp3) is 0.500. The second kappa shape index (κ2) is 6.43. The molecule has 0 spiro atoms. The van der Waals surface area contributed by atoms with Gasteiger partial charge in [0.05, 0.1) is 16.4 Å². The number of amides is 1. The lowest BCUT2D eigenvalue weighted by Gasteiger charge is -2.30. The Kier molecular flexibility index (Phi) is 4.82. The molecule has 7 heteroatoms. The van der Waals surface area contributed by atoms with Gasteiger partial charge in [-0.1, -0.05) is 6.07 Å². The zero-order valence-electron chi connectivity index (χ0n) is 12.1. The third-order valence-corrected chi connectivity index (χ3v) is 4.51. The molecule has 0 aliphatic carbocycles. The molecule has 1 aromatic rings. The first-order chi connectivity index (χ1) is 9.96. The van der Waals surface area contributed by atoms with Crippen molar-refractivity contribution in [3.63, 3.8) is 0 Å². The van der Waals surface area contributed by atoms with Crippen LogP contribution in [0.5, 0.6) is 0 Å². The van der Waals surface area contributed by atoms with E-state index in [1.54, 1.807) is 6.07 Å². The van der Waals surface area contributed by atoms with Crippen LogP contribution in [0, 0.1) is 4.91 Å². The van der Waals surface area contributed by atoms with E-state index in [1.165, 1.54) is 0 Å². The standard InChI is InChI=1S/C14H19BrN4O2/c1-14(2,13(20)19-7-3-4-8-19)10-5-6-12(11(15)9-10)16-17-18-21/h5-6,9H,3-4,7-8H2,1-2H3,(H,16,18)(H,17,21). The molecule has 0 atom stereocenters. The van der Waals surface area contributed by atoms with E-state index in [0.29, 0.717) is 5.69 Å². The molecule has 0 bridgehead atoms. The fourth-order valence-corrected chi connectivity index (χ4v) is 3.01. The van der Waals surface area contributed by atoms with E-state index in [1.807, 2.05) is 30.9 Å². The molecule has 1 saturated heterocycles. The van der Waals surface area contributed by atoms with Gasteiger partial charge < -0.3 is 4.90 Å². The summed E-state index contributed by atoms with van der Waals surface area (Å²) in [6.45, 7) is 5.57. The highest BCUT2D eigenvalue weighted by Gasteiger charge is 2.35. The van der Waals surface area contributed by atoms with Gasteiger partial charge in [-0.15, -0.1) is 4.91 Å². The van der Waals surface area contributed by atoms with E-state index in [9.17, 15) is 9.70 Å². The van der Waals surface area contributed by atoms with Gasteiger partial charge in [-0.2, -0.15) is 5.53 Å². The van der Waals surface area contributed by atoms with Crippen molar-refractivity contribution in [3.05, 3.63) is 33.1 Å². The first-order valence-corrected chi connectivity index (χ1v) is 7.69. The maximum atomic E-state index is 12.7. The van der Waals surface area contributed by atoms with Gasteiger partial charge in [-0.3, -0.25) is 10.2 Å². The fourth-order valence-electron chi connectivity index (χ4n) is 2.53. The second-order valence-electron chi connectivity index (χ2n) is 5.65. The van der Waals surface area contributed by atoms with Crippen molar-refractivity contribution in [1.82, 2.24) is 10.4 Å². The van der Waals surface area contributed by atoms with E-state index < -0.39 is 5.41 Å². The Balaban J connectivity index is 2.21. The summed E-state index contributed by atoms with van der Waals surface area (Å²) in [7, 11) is 0. The van der Waals surface area contributed by atoms with Crippen LogP contribution in [0.25, 0.3) is 0 Å². The normalized spacial score (nSPS) is 14.9. The molecule has 6 nitrogen and oxygen atoms in total. The van der Waals surface area contributed by atoms with Crippen LogP contribution in [0.2, 0.25) is 0 Å². The lowest BCUT2D eigenvalue weighted by molar-refractivity contribution is -0.135. The molecule has 1 heterocycles. The van der Waals surface area contributed by atoms with E-state index >= 15 is 0 Å². The summed E-state index contributed by atoms with van der Waals surface area (Å²) in [4.78, 5) is 24.7. The van der Waals surface area contributed by atoms with Gasteiger partial charge in [-0.05, 0) is 60.3 Å². The number of likely N-dealkylation sites (tertiary alicyclic amines) is 1. The number of rotatable bonds is 5. The first-order valence-electron chi connectivity index (χ1n) is 6.89. The third-order valence-electron chi connectivity index (χ3n) is 3.85. The molecule has 0 radical (unpaired) electrons. The molecule has 2 N–H and O–H groups in total. The highest BCUT2D eigenvalue weighted by atomic mass is 79.9. The summed E-state index contributed by atoms with van der Waals surface area (Å²) in [6.07, 6.45) is 2.16. The zero-order valence-corrected chi connectivity index (χ0v) is 13.7. The number of benzene rings is 1. The van der Waals surface area contributed by atoms with Crippen molar-refractivity contribution in [2.75, 3.05) is 18.5 Å². The van der Waals surface area contributed by atoms with Gasteiger partial charge in [0.25, 0.3) is 0 Å². The van der Waals surface area contributed by atoms with Crippen LogP contribution >= 0.6 is 15.9 Å². The highest BCUT2D eigenvalue weighted by molar-refractivity contribution is 9.10. The van der Waals surface area contributed by atoms with Crippen LogP contribution in [-0.2, 0) is 10.2 Å². The van der Waals surface area contributed by atoms with Gasteiger partial charge in [-0.25, -0.2) is 0 Å². The van der Waals surface area contributed by atoms with Crippen molar-refractivity contribution >= 4 is 27.5 Å². The Morgan fingerprint density at radius 3 is 2.57 bits per heavy atom. The molecule has 1 fully saturated rings. The lowest BCUT2D eigenvalue weighted by Crippen LogP contribution is -2.42. The van der Waals surface area contributed by atoms with Crippen molar-refractivity contribution in [2.45, 2.75) is 32.1 Å². The minimum atomic E-state index is -0.582. The van der Waals surface area contributed by atoms with Crippen LogP contribution in [0.3, 0.4) is 0 Å². The molecular weight excluding hydrogens is 336 g/mol. The van der Waals surface area contributed by atoms with Crippen LogP contribution in [0.1, 0.15) is 32.3 Å². The predicted octanol–water partition coefficient (Wildman–Crippen LogP) is 2.95. The van der Waals surface area contributed by atoms with Crippen LogP contribution in [-0.4, -0.2) is 23.9 Å². The van der Waals surface area contributed by atoms with E-state index in [-0.39, 0.29) is 5.91 Å². The van der Waals surface area contributed by atoms with Gasteiger partial charge in [0.15, 0.2) is 0 Å². The predicted molar refractivity (Wildman–Crippen MR) is 85.5 cm³/mol. The second-order valence-corrected chi connectivity index (χ2v) is 6.50. The molecular formula is C14H19BrN4O2. The Morgan fingerprint density at radius 2 is 2.00 bits per heavy atom. The maximum absolute atomic E-state index is 12.7. The van der Waals surface area contributed by atoms with Crippen molar-refractivity contribution in [2.24, 2.45) is 5.29 Å². The minimum Gasteiger partial charge on any atom is -0.342 e. The Labute approximate surface area is 132 Å². The summed E-state index contributed by atoms with van der Waals surface area (Å²) in [5.74, 6) is 0.153. The van der Waals surface area contributed by atoms with Crippen molar-refractivity contribution in [3.8, 4) is 0 Å². The average Bonchev–Trinajstić information content (AvgIpc) is 2.99. The van der Waals surface area contributed by atoms with Crippen LogP contribution in [0.15, 0.2) is 28.0 Å². The number of hydrogen-bond acceptors (Lipinski definition) is 4. The maximum Gasteiger partial charge on any atom is 0.232 e. The number of nitrogens with zero attached hydrogens (tertiary/aromatic N) is 2. The van der Waals surface area contributed by atoms with Crippen molar-refractivity contribution < 1.29 is 4.79 Å². The molecule has 114 valence electrons. The van der Waals surface area contributed by atoms with E-state index in [2.05, 4.69) is 32.2 Å². The Bertz CT molecular complexity index is 542. The highest BCUT2D eigenvalue weighted by Crippen LogP contribution is 2.32. The summed E-state index contributed by atoms with van der Waals surface area (Å²) >= 11 is 3.43. The summed E-state index contributed by atoms with van der Waals surface area (Å²) < 4.78 is 0.762. The van der Waals surface area contributed by atoms with E-state index in [0.717, 1.165) is 36.0 Å². The summed E-state index contributed by atoms with van der Waals surface area (Å²) in [6, 6.07) is 5.58. The van der Waals surface area contributed by atoms with Gasteiger partial charge in [0.1, 0.15) is 0 Å². The number of halogens is 1. The van der Waals surface area contributed by atoms with Crippen LogP contribution in [0.4, 0.5) is 5.69 Å². The number of nitrogens with one attached hydrogen (secondary N) is 2. The van der Waals surface area contributed by atoms with Gasteiger partial charge >= 0.3 is 0 Å². The van der Waals surface area contributed by atoms with Crippen LogP contribution < -0.4 is 11.0 Å². The number of carbonyl (C=O) groups is 1. The van der Waals surface area contributed by atoms with Gasteiger partial charge in [0.2, 0.25) is 5.91 Å². The van der Waals surface area contributed by atoms with Gasteiger partial charge in [0, 0.05) is 17.6 Å². The third kappa shape index (κ3) is 3.34. The number of carbonyl (C=O) groups excluding carboxylic acids is 1. The summed E-state index contributed by atoms with van der Waals surface area (Å²) in [5.41, 5.74) is 5.83. The Hall–Kier alpha value is -1.63. The largest absolute Gasteiger partial charge is 0.342 e. The first kappa shape index (κ1) is 15.8. The topological polar surface area (TPSA) is 73.8 Å². The molecule has 1 aliphatic heterocycles.